The first kappa shape index (κ1) is 15.2. The largest absolute Gasteiger partial charge is 0.494 e. The van der Waals surface area contributed by atoms with Crippen LogP contribution in [0.4, 0.5) is 0 Å². The molecule has 1 atom stereocenters. The highest BCUT2D eigenvalue weighted by Gasteiger charge is 2.13. The van der Waals surface area contributed by atoms with Gasteiger partial charge in [-0.3, -0.25) is 0 Å². The molecule has 0 spiro atoms. The topological polar surface area (TPSA) is 21.3 Å². The molecule has 0 radical (unpaired) electrons. The van der Waals surface area contributed by atoms with E-state index in [2.05, 4.69) is 5.32 Å². The Hall–Kier alpha value is -1.22. The number of para-hydroxylation sites is 1. The van der Waals surface area contributed by atoms with Crippen LogP contribution in [0.15, 0.2) is 48.5 Å². The summed E-state index contributed by atoms with van der Waals surface area (Å²) in [4.78, 5) is 0. The van der Waals surface area contributed by atoms with Crippen molar-refractivity contribution in [1.82, 2.24) is 5.32 Å². The molecule has 2 aromatic rings. The van der Waals surface area contributed by atoms with Crippen molar-refractivity contribution in [3.8, 4) is 5.75 Å². The molecule has 0 aromatic heterocycles. The van der Waals surface area contributed by atoms with Crippen LogP contribution < -0.4 is 10.1 Å². The van der Waals surface area contributed by atoms with Crippen LogP contribution in [0.5, 0.6) is 5.75 Å². The predicted octanol–water partition coefficient (Wildman–Crippen LogP) is 4.72. The van der Waals surface area contributed by atoms with E-state index in [-0.39, 0.29) is 6.04 Å². The highest BCUT2D eigenvalue weighted by Crippen LogP contribution is 2.28. The molecular weight excluding hydrogens is 293 g/mol. The summed E-state index contributed by atoms with van der Waals surface area (Å²) in [7, 11) is 1.91. The second-order valence-corrected chi connectivity index (χ2v) is 5.30. The van der Waals surface area contributed by atoms with E-state index in [4.69, 9.17) is 27.9 Å². The number of ether oxygens (including phenoxy) is 1. The molecule has 0 heterocycles. The molecule has 0 bridgehead atoms. The van der Waals surface area contributed by atoms with Crippen molar-refractivity contribution in [1.29, 1.82) is 0 Å². The van der Waals surface area contributed by atoms with Crippen molar-refractivity contribution in [3.63, 3.8) is 0 Å². The SMILES string of the molecule is CNC(CCOc1ccccc1)c1cc(Cl)ccc1Cl. The summed E-state index contributed by atoms with van der Waals surface area (Å²) < 4.78 is 5.71. The Labute approximate surface area is 129 Å². The summed E-state index contributed by atoms with van der Waals surface area (Å²) in [5.74, 6) is 0.875. The molecule has 0 aliphatic rings. The fourth-order valence-electron chi connectivity index (χ4n) is 2.05. The monoisotopic (exact) mass is 309 g/mol. The maximum atomic E-state index is 6.23. The van der Waals surface area contributed by atoms with E-state index in [1.807, 2.05) is 49.5 Å². The molecule has 2 aromatic carbocycles. The Balaban J connectivity index is 1.97. The normalized spacial score (nSPS) is 12.2. The number of hydrogen-bond donors (Lipinski definition) is 1. The number of hydrogen-bond acceptors (Lipinski definition) is 2. The minimum absolute atomic E-state index is 0.116. The number of halogens is 2. The summed E-state index contributed by atoms with van der Waals surface area (Å²) >= 11 is 12.3. The van der Waals surface area contributed by atoms with Crippen LogP contribution in [0.2, 0.25) is 10.0 Å². The van der Waals surface area contributed by atoms with E-state index in [1.165, 1.54) is 0 Å². The Morgan fingerprint density at radius 3 is 2.55 bits per heavy atom. The van der Waals surface area contributed by atoms with Gasteiger partial charge in [-0.25, -0.2) is 0 Å². The molecule has 0 aliphatic carbocycles. The lowest BCUT2D eigenvalue weighted by atomic mass is 10.0. The Kier molecular flexibility index (Phi) is 5.72. The van der Waals surface area contributed by atoms with Crippen molar-refractivity contribution in [2.24, 2.45) is 0 Å². The Morgan fingerprint density at radius 2 is 1.85 bits per heavy atom. The summed E-state index contributed by atoms with van der Waals surface area (Å²) in [5, 5.41) is 4.65. The van der Waals surface area contributed by atoms with Crippen LogP contribution in [0.25, 0.3) is 0 Å². The van der Waals surface area contributed by atoms with E-state index in [9.17, 15) is 0 Å². The molecule has 0 fully saturated rings. The van der Waals surface area contributed by atoms with Gasteiger partial charge in [-0.05, 0) is 42.9 Å². The van der Waals surface area contributed by atoms with E-state index in [1.54, 1.807) is 6.07 Å². The smallest absolute Gasteiger partial charge is 0.119 e. The van der Waals surface area contributed by atoms with Crippen LogP contribution in [0, 0.1) is 0 Å². The number of rotatable bonds is 6. The third-order valence-electron chi connectivity index (χ3n) is 3.10. The fraction of sp³-hybridized carbons (Fsp3) is 0.250. The second kappa shape index (κ2) is 7.53. The van der Waals surface area contributed by atoms with Gasteiger partial charge in [0.2, 0.25) is 0 Å². The molecule has 20 heavy (non-hydrogen) atoms. The molecule has 2 rings (SSSR count). The number of nitrogens with one attached hydrogen (secondary N) is 1. The van der Waals surface area contributed by atoms with E-state index in [0.717, 1.165) is 17.7 Å². The van der Waals surface area contributed by atoms with Gasteiger partial charge in [0.05, 0.1) is 6.61 Å². The number of benzene rings is 2. The summed E-state index contributed by atoms with van der Waals surface area (Å²) in [6.07, 6.45) is 0.811. The predicted molar refractivity (Wildman–Crippen MR) is 84.8 cm³/mol. The molecule has 0 saturated carbocycles. The summed E-state index contributed by atoms with van der Waals surface area (Å²) in [6, 6.07) is 15.4. The molecule has 1 N–H and O–H groups in total. The van der Waals surface area contributed by atoms with Crippen LogP contribution in [0.1, 0.15) is 18.0 Å². The van der Waals surface area contributed by atoms with E-state index < -0.39 is 0 Å². The van der Waals surface area contributed by atoms with Crippen molar-refractivity contribution in [3.05, 3.63) is 64.1 Å². The van der Waals surface area contributed by atoms with Gasteiger partial charge >= 0.3 is 0 Å². The first-order valence-corrected chi connectivity index (χ1v) is 7.26. The second-order valence-electron chi connectivity index (χ2n) is 4.46. The summed E-state index contributed by atoms with van der Waals surface area (Å²) in [6.45, 7) is 0.609. The minimum Gasteiger partial charge on any atom is -0.494 e. The zero-order valence-corrected chi connectivity index (χ0v) is 12.8. The summed E-state index contributed by atoms with van der Waals surface area (Å²) in [5.41, 5.74) is 0.998. The molecule has 0 saturated heterocycles. The van der Waals surface area contributed by atoms with E-state index >= 15 is 0 Å². The molecule has 0 amide bonds. The lowest BCUT2D eigenvalue weighted by Crippen LogP contribution is -2.19. The quantitative estimate of drug-likeness (QED) is 0.833. The minimum atomic E-state index is 0.116. The third-order valence-corrected chi connectivity index (χ3v) is 3.68. The average Bonchev–Trinajstić information content (AvgIpc) is 2.48. The van der Waals surface area contributed by atoms with E-state index in [0.29, 0.717) is 16.7 Å². The molecule has 2 nitrogen and oxygen atoms in total. The standard InChI is InChI=1S/C16H17Cl2NO/c1-19-16(14-11-12(17)7-8-15(14)18)9-10-20-13-5-3-2-4-6-13/h2-8,11,16,19H,9-10H2,1H3. The maximum Gasteiger partial charge on any atom is 0.119 e. The lowest BCUT2D eigenvalue weighted by Gasteiger charge is -2.18. The molecule has 1 unspecified atom stereocenters. The zero-order valence-electron chi connectivity index (χ0n) is 11.3. The van der Waals surface area contributed by atoms with Gasteiger partial charge in [0.25, 0.3) is 0 Å². The van der Waals surface area contributed by atoms with Gasteiger partial charge in [0.1, 0.15) is 5.75 Å². The third kappa shape index (κ3) is 4.14. The zero-order chi connectivity index (χ0) is 14.4. The molecule has 4 heteroatoms. The van der Waals surface area contributed by atoms with Crippen molar-refractivity contribution in [2.45, 2.75) is 12.5 Å². The first-order chi connectivity index (χ1) is 9.70. The van der Waals surface area contributed by atoms with Gasteiger partial charge < -0.3 is 10.1 Å². The van der Waals surface area contributed by atoms with Gasteiger partial charge in [0, 0.05) is 22.5 Å². The van der Waals surface area contributed by atoms with Crippen molar-refractivity contribution >= 4 is 23.2 Å². The van der Waals surface area contributed by atoms with Gasteiger partial charge in [-0.2, -0.15) is 0 Å². The van der Waals surface area contributed by atoms with Crippen LogP contribution in [-0.4, -0.2) is 13.7 Å². The highest BCUT2D eigenvalue weighted by atomic mass is 35.5. The average molecular weight is 310 g/mol. The first-order valence-electron chi connectivity index (χ1n) is 6.51. The molecule has 106 valence electrons. The Bertz CT molecular complexity index is 545. The van der Waals surface area contributed by atoms with Crippen molar-refractivity contribution in [2.75, 3.05) is 13.7 Å². The van der Waals surface area contributed by atoms with Gasteiger partial charge in [-0.15, -0.1) is 0 Å². The maximum absolute atomic E-state index is 6.23. The van der Waals surface area contributed by atoms with Crippen LogP contribution in [-0.2, 0) is 0 Å². The van der Waals surface area contributed by atoms with Crippen molar-refractivity contribution < 1.29 is 4.74 Å². The highest BCUT2D eigenvalue weighted by molar-refractivity contribution is 6.33. The lowest BCUT2D eigenvalue weighted by molar-refractivity contribution is 0.290. The van der Waals surface area contributed by atoms with Gasteiger partial charge in [-0.1, -0.05) is 41.4 Å². The van der Waals surface area contributed by atoms with Crippen LogP contribution in [0.3, 0.4) is 0 Å². The van der Waals surface area contributed by atoms with Gasteiger partial charge in [0.15, 0.2) is 0 Å². The molecular formula is C16H17Cl2NO. The molecule has 0 aliphatic heterocycles. The fourth-order valence-corrected chi connectivity index (χ4v) is 2.48. The Morgan fingerprint density at radius 1 is 1.10 bits per heavy atom. The van der Waals surface area contributed by atoms with Crippen LogP contribution >= 0.6 is 23.2 Å².